The molecule has 0 saturated heterocycles. The second-order valence-electron chi connectivity index (χ2n) is 7.04. The maximum Gasteiger partial charge on any atom is 0.221 e. The van der Waals surface area contributed by atoms with Crippen molar-refractivity contribution in [3.05, 3.63) is 65.7 Å². The van der Waals surface area contributed by atoms with Crippen LogP contribution in [-0.4, -0.2) is 12.0 Å². The first-order valence-electron chi connectivity index (χ1n) is 9.01. The largest absolute Gasteiger partial charge is 0.491 e. The van der Waals surface area contributed by atoms with Crippen molar-refractivity contribution in [3.8, 4) is 5.75 Å². The molecule has 0 bridgehead atoms. The summed E-state index contributed by atoms with van der Waals surface area (Å²) in [5.41, 5.74) is 2.14. The van der Waals surface area contributed by atoms with E-state index in [1.807, 2.05) is 56.3 Å². The number of rotatable bonds is 8. The Labute approximate surface area is 151 Å². The summed E-state index contributed by atoms with van der Waals surface area (Å²) in [6, 6.07) is 18.1. The second-order valence-corrected chi connectivity index (χ2v) is 7.04. The Hall–Kier alpha value is -2.29. The molecule has 2 aromatic rings. The van der Waals surface area contributed by atoms with Crippen LogP contribution in [0.5, 0.6) is 5.75 Å². The summed E-state index contributed by atoms with van der Waals surface area (Å²) >= 11 is 0. The molecule has 134 valence electrons. The molecule has 0 aliphatic carbocycles. The predicted octanol–water partition coefficient (Wildman–Crippen LogP) is 4.85. The summed E-state index contributed by atoms with van der Waals surface area (Å²) in [4.78, 5) is 12.4. The Bertz CT molecular complexity index is 664. The highest BCUT2D eigenvalue weighted by Crippen LogP contribution is 2.31. The minimum atomic E-state index is -0.139. The van der Waals surface area contributed by atoms with E-state index in [0.29, 0.717) is 13.0 Å². The van der Waals surface area contributed by atoms with Crippen LogP contribution in [-0.2, 0) is 16.8 Å². The van der Waals surface area contributed by atoms with Gasteiger partial charge in [0.25, 0.3) is 0 Å². The van der Waals surface area contributed by atoms with Gasteiger partial charge >= 0.3 is 0 Å². The molecule has 2 rings (SSSR count). The summed E-state index contributed by atoms with van der Waals surface area (Å²) in [6.45, 7) is 8.83. The molecule has 0 fully saturated rings. The van der Waals surface area contributed by atoms with E-state index in [1.165, 1.54) is 5.56 Å². The number of benzene rings is 2. The van der Waals surface area contributed by atoms with Crippen LogP contribution < -0.4 is 10.1 Å². The molecule has 0 unspecified atom stereocenters. The molecule has 0 aromatic heterocycles. The molecule has 1 amide bonds. The van der Waals surface area contributed by atoms with Crippen LogP contribution in [0.4, 0.5) is 0 Å². The van der Waals surface area contributed by atoms with Crippen molar-refractivity contribution >= 4 is 5.91 Å². The van der Waals surface area contributed by atoms with Crippen molar-refractivity contribution in [3.63, 3.8) is 0 Å². The first-order chi connectivity index (χ1) is 11.9. The zero-order valence-corrected chi connectivity index (χ0v) is 15.7. The van der Waals surface area contributed by atoms with Gasteiger partial charge in [0.15, 0.2) is 0 Å². The third-order valence-corrected chi connectivity index (χ3v) is 4.59. The monoisotopic (exact) mass is 339 g/mol. The Balaban J connectivity index is 1.91. The van der Waals surface area contributed by atoms with Gasteiger partial charge in [-0.15, -0.1) is 0 Å². The molecule has 0 radical (unpaired) electrons. The van der Waals surface area contributed by atoms with Crippen molar-refractivity contribution < 1.29 is 9.53 Å². The topological polar surface area (TPSA) is 38.3 Å². The lowest BCUT2D eigenvalue weighted by Crippen LogP contribution is -2.32. The van der Waals surface area contributed by atoms with E-state index in [2.05, 4.69) is 31.3 Å². The van der Waals surface area contributed by atoms with Gasteiger partial charge in [-0.3, -0.25) is 4.79 Å². The van der Waals surface area contributed by atoms with Crippen molar-refractivity contribution in [1.82, 2.24) is 5.32 Å². The Morgan fingerprint density at radius 2 is 1.72 bits per heavy atom. The number of hydrogen-bond donors (Lipinski definition) is 1. The Morgan fingerprint density at radius 3 is 2.28 bits per heavy atom. The lowest BCUT2D eigenvalue weighted by Gasteiger charge is -2.28. The summed E-state index contributed by atoms with van der Waals surface area (Å²) in [5.74, 6) is 0.934. The summed E-state index contributed by atoms with van der Waals surface area (Å²) in [7, 11) is 0. The van der Waals surface area contributed by atoms with Gasteiger partial charge in [0.1, 0.15) is 5.75 Å². The number of hydrogen-bond acceptors (Lipinski definition) is 2. The highest BCUT2D eigenvalue weighted by Gasteiger charge is 2.27. The molecule has 25 heavy (non-hydrogen) atoms. The van der Waals surface area contributed by atoms with E-state index < -0.39 is 0 Å². The first kappa shape index (κ1) is 19.0. The fraction of sp³-hybridized carbons (Fsp3) is 0.409. The lowest BCUT2D eigenvalue weighted by atomic mass is 9.77. The fourth-order valence-corrected chi connectivity index (χ4v) is 2.85. The number of carbonyl (C=O) groups is 1. The Kier molecular flexibility index (Phi) is 6.63. The van der Waals surface area contributed by atoms with Crippen LogP contribution in [0, 0.1) is 0 Å². The van der Waals surface area contributed by atoms with Crippen LogP contribution in [0.15, 0.2) is 54.6 Å². The van der Waals surface area contributed by atoms with E-state index in [-0.39, 0.29) is 17.4 Å². The van der Waals surface area contributed by atoms with Crippen LogP contribution >= 0.6 is 0 Å². The fourth-order valence-electron chi connectivity index (χ4n) is 2.85. The summed E-state index contributed by atoms with van der Waals surface area (Å²) in [6.07, 6.45) is 1.57. The highest BCUT2D eigenvalue weighted by molar-refractivity contribution is 5.77. The predicted molar refractivity (Wildman–Crippen MR) is 103 cm³/mol. The van der Waals surface area contributed by atoms with E-state index in [4.69, 9.17) is 4.74 Å². The van der Waals surface area contributed by atoms with Crippen LogP contribution in [0.1, 0.15) is 51.7 Å². The standard InChI is InChI=1S/C22H29NO2/c1-5-22(4,19-9-7-6-8-10-19)15-21(24)23-16-18-11-13-20(14-12-18)25-17(2)3/h6-14,17H,5,15-16H2,1-4H3,(H,23,24)/t22-/m1/s1. The minimum absolute atomic E-state index is 0.0794. The van der Waals surface area contributed by atoms with Gasteiger partial charge in [0, 0.05) is 18.4 Å². The van der Waals surface area contributed by atoms with E-state index in [9.17, 15) is 4.79 Å². The molecule has 1 N–H and O–H groups in total. The third-order valence-electron chi connectivity index (χ3n) is 4.59. The van der Waals surface area contributed by atoms with Gasteiger partial charge < -0.3 is 10.1 Å². The van der Waals surface area contributed by atoms with Gasteiger partial charge in [-0.25, -0.2) is 0 Å². The Morgan fingerprint density at radius 1 is 1.08 bits per heavy atom. The molecule has 3 nitrogen and oxygen atoms in total. The normalized spacial score (nSPS) is 13.3. The molecule has 0 heterocycles. The molecule has 0 spiro atoms. The van der Waals surface area contributed by atoms with Gasteiger partial charge in [-0.2, -0.15) is 0 Å². The minimum Gasteiger partial charge on any atom is -0.491 e. The summed E-state index contributed by atoms with van der Waals surface area (Å²) < 4.78 is 5.64. The van der Waals surface area contributed by atoms with Crippen LogP contribution in [0.3, 0.4) is 0 Å². The van der Waals surface area contributed by atoms with Gasteiger partial charge in [-0.05, 0) is 43.5 Å². The van der Waals surface area contributed by atoms with Crippen molar-refractivity contribution in [2.24, 2.45) is 0 Å². The number of nitrogens with one attached hydrogen (secondary N) is 1. The maximum absolute atomic E-state index is 12.4. The third kappa shape index (κ3) is 5.63. The molecule has 0 aliphatic rings. The van der Waals surface area contributed by atoms with Gasteiger partial charge in [-0.1, -0.05) is 56.3 Å². The molecule has 0 aliphatic heterocycles. The van der Waals surface area contributed by atoms with Crippen molar-refractivity contribution in [2.75, 3.05) is 0 Å². The molecule has 3 heteroatoms. The molecule has 0 saturated carbocycles. The van der Waals surface area contributed by atoms with E-state index in [1.54, 1.807) is 0 Å². The highest BCUT2D eigenvalue weighted by atomic mass is 16.5. The number of amides is 1. The van der Waals surface area contributed by atoms with Gasteiger partial charge in [0.05, 0.1) is 6.10 Å². The quantitative estimate of drug-likeness (QED) is 0.747. The van der Waals surface area contributed by atoms with Crippen molar-refractivity contribution in [2.45, 2.75) is 58.6 Å². The number of ether oxygens (including phenoxy) is 1. The summed E-state index contributed by atoms with van der Waals surface area (Å²) in [5, 5.41) is 3.04. The maximum atomic E-state index is 12.4. The van der Waals surface area contributed by atoms with Crippen molar-refractivity contribution in [1.29, 1.82) is 0 Å². The molecule has 2 aromatic carbocycles. The SMILES string of the molecule is CC[C@](C)(CC(=O)NCc1ccc(OC(C)C)cc1)c1ccccc1. The average Bonchev–Trinajstić information content (AvgIpc) is 2.61. The van der Waals surface area contributed by atoms with E-state index >= 15 is 0 Å². The number of carbonyl (C=O) groups excluding carboxylic acids is 1. The average molecular weight is 339 g/mol. The smallest absolute Gasteiger partial charge is 0.221 e. The van der Waals surface area contributed by atoms with Crippen LogP contribution in [0.25, 0.3) is 0 Å². The van der Waals surface area contributed by atoms with Crippen LogP contribution in [0.2, 0.25) is 0 Å². The van der Waals surface area contributed by atoms with E-state index in [0.717, 1.165) is 17.7 Å². The molecular weight excluding hydrogens is 310 g/mol. The molecular formula is C22H29NO2. The van der Waals surface area contributed by atoms with Gasteiger partial charge in [0.2, 0.25) is 5.91 Å². The lowest BCUT2D eigenvalue weighted by molar-refractivity contribution is -0.122. The zero-order valence-electron chi connectivity index (χ0n) is 15.7. The zero-order chi connectivity index (χ0) is 18.3. The molecule has 1 atom stereocenters. The second kappa shape index (κ2) is 8.70. The first-order valence-corrected chi connectivity index (χ1v) is 9.01.